The van der Waals surface area contributed by atoms with Gasteiger partial charge in [0.1, 0.15) is 5.82 Å². The van der Waals surface area contributed by atoms with E-state index in [0.29, 0.717) is 0 Å². The van der Waals surface area contributed by atoms with E-state index < -0.39 is 0 Å². The molecule has 0 aromatic heterocycles. The van der Waals surface area contributed by atoms with E-state index in [9.17, 15) is 4.39 Å². The van der Waals surface area contributed by atoms with Gasteiger partial charge in [-0.2, -0.15) is 0 Å². The van der Waals surface area contributed by atoms with E-state index in [-0.39, 0.29) is 11.9 Å². The van der Waals surface area contributed by atoms with Crippen LogP contribution in [-0.2, 0) is 6.42 Å². The second kappa shape index (κ2) is 6.12. The number of hydrogen-bond acceptors (Lipinski definition) is 1. The Morgan fingerprint density at radius 1 is 1.17 bits per heavy atom. The Morgan fingerprint density at radius 2 is 1.89 bits per heavy atom. The van der Waals surface area contributed by atoms with Crippen LogP contribution in [0.25, 0.3) is 0 Å². The SMILES string of the molecule is CNC(Cc1ccc(Br)cc1)c1cccc(F)c1. The monoisotopic (exact) mass is 307 g/mol. The maximum Gasteiger partial charge on any atom is 0.123 e. The van der Waals surface area contributed by atoms with Crippen LogP contribution >= 0.6 is 15.9 Å². The van der Waals surface area contributed by atoms with Crippen LogP contribution in [0.5, 0.6) is 0 Å². The first-order valence-corrected chi connectivity index (χ1v) is 6.65. The lowest BCUT2D eigenvalue weighted by Gasteiger charge is -2.17. The van der Waals surface area contributed by atoms with Gasteiger partial charge in [0.05, 0.1) is 0 Å². The third kappa shape index (κ3) is 3.40. The van der Waals surface area contributed by atoms with Crippen LogP contribution in [0.3, 0.4) is 0 Å². The van der Waals surface area contributed by atoms with Gasteiger partial charge in [0.25, 0.3) is 0 Å². The summed E-state index contributed by atoms with van der Waals surface area (Å²) in [6.45, 7) is 0. The Kier molecular flexibility index (Phi) is 4.50. The minimum absolute atomic E-state index is 0.127. The summed E-state index contributed by atoms with van der Waals surface area (Å²) < 4.78 is 14.3. The topological polar surface area (TPSA) is 12.0 Å². The summed E-state index contributed by atoms with van der Waals surface area (Å²) in [4.78, 5) is 0. The highest BCUT2D eigenvalue weighted by Gasteiger charge is 2.10. The summed E-state index contributed by atoms with van der Waals surface area (Å²) in [5, 5.41) is 3.23. The molecule has 0 bridgehead atoms. The van der Waals surface area contributed by atoms with Gasteiger partial charge in [-0.1, -0.05) is 40.2 Å². The molecule has 2 aromatic carbocycles. The van der Waals surface area contributed by atoms with Crippen molar-refractivity contribution in [2.24, 2.45) is 0 Å². The molecule has 0 heterocycles. The Hall–Kier alpha value is -1.19. The van der Waals surface area contributed by atoms with Crippen molar-refractivity contribution >= 4 is 15.9 Å². The molecule has 94 valence electrons. The number of hydrogen-bond donors (Lipinski definition) is 1. The fraction of sp³-hybridized carbons (Fsp3) is 0.200. The zero-order chi connectivity index (χ0) is 13.0. The Balaban J connectivity index is 2.17. The molecular formula is C15H15BrFN. The van der Waals surface area contributed by atoms with Gasteiger partial charge >= 0.3 is 0 Å². The highest BCUT2D eigenvalue weighted by atomic mass is 79.9. The van der Waals surface area contributed by atoms with E-state index in [1.54, 1.807) is 12.1 Å². The van der Waals surface area contributed by atoms with Crippen molar-refractivity contribution in [3.8, 4) is 0 Å². The molecular weight excluding hydrogens is 293 g/mol. The predicted molar refractivity (Wildman–Crippen MR) is 76.0 cm³/mol. The minimum Gasteiger partial charge on any atom is -0.313 e. The molecule has 0 saturated heterocycles. The molecule has 3 heteroatoms. The summed E-state index contributed by atoms with van der Waals surface area (Å²) in [6.07, 6.45) is 0.841. The van der Waals surface area contributed by atoms with Crippen molar-refractivity contribution in [3.05, 3.63) is 69.9 Å². The predicted octanol–water partition coefficient (Wildman–Crippen LogP) is 4.09. The number of halogens is 2. The fourth-order valence-electron chi connectivity index (χ4n) is 1.97. The quantitative estimate of drug-likeness (QED) is 0.897. The van der Waals surface area contributed by atoms with Crippen LogP contribution in [-0.4, -0.2) is 7.05 Å². The number of nitrogens with one attached hydrogen (secondary N) is 1. The number of rotatable bonds is 4. The summed E-state index contributed by atoms with van der Waals surface area (Å²) in [6, 6.07) is 15.1. The molecule has 18 heavy (non-hydrogen) atoms. The molecule has 1 unspecified atom stereocenters. The van der Waals surface area contributed by atoms with Gasteiger partial charge in [0, 0.05) is 10.5 Å². The first-order chi connectivity index (χ1) is 8.69. The van der Waals surface area contributed by atoms with Crippen molar-refractivity contribution in [3.63, 3.8) is 0 Å². The van der Waals surface area contributed by atoms with Crippen molar-refractivity contribution in [2.75, 3.05) is 7.05 Å². The molecule has 0 amide bonds. The minimum atomic E-state index is -0.191. The lowest BCUT2D eigenvalue weighted by atomic mass is 9.99. The highest BCUT2D eigenvalue weighted by Crippen LogP contribution is 2.20. The van der Waals surface area contributed by atoms with Gasteiger partial charge in [-0.05, 0) is 48.9 Å². The summed E-state index contributed by atoms with van der Waals surface area (Å²) >= 11 is 3.42. The summed E-state index contributed by atoms with van der Waals surface area (Å²) in [5.41, 5.74) is 2.20. The van der Waals surface area contributed by atoms with Crippen LogP contribution in [0.1, 0.15) is 17.2 Å². The second-order valence-electron chi connectivity index (χ2n) is 4.23. The van der Waals surface area contributed by atoms with E-state index in [2.05, 4.69) is 33.4 Å². The molecule has 0 aliphatic heterocycles. The molecule has 1 N–H and O–H groups in total. The van der Waals surface area contributed by atoms with E-state index in [4.69, 9.17) is 0 Å². The maximum absolute atomic E-state index is 13.2. The lowest BCUT2D eigenvalue weighted by Crippen LogP contribution is -2.18. The molecule has 0 radical (unpaired) electrons. The average Bonchev–Trinajstić information content (AvgIpc) is 2.38. The largest absolute Gasteiger partial charge is 0.313 e. The first kappa shape index (κ1) is 13.2. The zero-order valence-electron chi connectivity index (χ0n) is 10.2. The molecule has 0 aliphatic rings. The van der Waals surface area contributed by atoms with E-state index in [0.717, 1.165) is 16.5 Å². The molecule has 1 atom stereocenters. The van der Waals surface area contributed by atoms with Crippen LogP contribution in [0.15, 0.2) is 53.0 Å². The van der Waals surface area contributed by atoms with E-state index >= 15 is 0 Å². The number of likely N-dealkylation sites (N-methyl/N-ethyl adjacent to an activating group) is 1. The number of benzene rings is 2. The standard InChI is InChI=1S/C15H15BrFN/c1-18-15(12-3-2-4-14(17)10-12)9-11-5-7-13(16)8-6-11/h2-8,10,15,18H,9H2,1H3. The first-order valence-electron chi connectivity index (χ1n) is 5.86. The van der Waals surface area contributed by atoms with Gasteiger partial charge in [-0.25, -0.2) is 4.39 Å². The van der Waals surface area contributed by atoms with Crippen molar-refractivity contribution < 1.29 is 4.39 Å². The van der Waals surface area contributed by atoms with Crippen molar-refractivity contribution in [1.82, 2.24) is 5.32 Å². The van der Waals surface area contributed by atoms with Crippen LogP contribution in [0.4, 0.5) is 4.39 Å². The van der Waals surface area contributed by atoms with Crippen LogP contribution < -0.4 is 5.32 Å². The summed E-state index contributed by atoms with van der Waals surface area (Å²) in [7, 11) is 1.90. The fourth-order valence-corrected chi connectivity index (χ4v) is 2.23. The van der Waals surface area contributed by atoms with E-state index in [1.807, 2.05) is 25.2 Å². The molecule has 0 spiro atoms. The van der Waals surface area contributed by atoms with Crippen LogP contribution in [0.2, 0.25) is 0 Å². The van der Waals surface area contributed by atoms with Gasteiger partial charge in [0.2, 0.25) is 0 Å². The molecule has 0 aliphatic carbocycles. The second-order valence-corrected chi connectivity index (χ2v) is 5.14. The zero-order valence-corrected chi connectivity index (χ0v) is 11.7. The van der Waals surface area contributed by atoms with Crippen molar-refractivity contribution in [1.29, 1.82) is 0 Å². The normalized spacial score (nSPS) is 12.4. The van der Waals surface area contributed by atoms with E-state index in [1.165, 1.54) is 11.6 Å². The third-order valence-electron chi connectivity index (χ3n) is 2.95. The molecule has 0 saturated carbocycles. The van der Waals surface area contributed by atoms with Crippen molar-refractivity contribution in [2.45, 2.75) is 12.5 Å². The maximum atomic E-state index is 13.2. The Labute approximate surface area is 115 Å². The smallest absolute Gasteiger partial charge is 0.123 e. The van der Waals surface area contributed by atoms with Crippen LogP contribution in [0, 0.1) is 5.82 Å². The molecule has 0 fully saturated rings. The lowest BCUT2D eigenvalue weighted by molar-refractivity contribution is 0.577. The summed E-state index contributed by atoms with van der Waals surface area (Å²) in [5.74, 6) is -0.191. The molecule has 1 nitrogen and oxygen atoms in total. The van der Waals surface area contributed by atoms with Gasteiger partial charge in [-0.3, -0.25) is 0 Å². The average molecular weight is 308 g/mol. The molecule has 2 rings (SSSR count). The van der Waals surface area contributed by atoms with Gasteiger partial charge < -0.3 is 5.32 Å². The highest BCUT2D eigenvalue weighted by molar-refractivity contribution is 9.10. The van der Waals surface area contributed by atoms with Gasteiger partial charge in [-0.15, -0.1) is 0 Å². The third-order valence-corrected chi connectivity index (χ3v) is 3.48. The van der Waals surface area contributed by atoms with Gasteiger partial charge in [0.15, 0.2) is 0 Å². The molecule has 2 aromatic rings. The Morgan fingerprint density at radius 3 is 2.50 bits per heavy atom. The Bertz CT molecular complexity index is 510.